The van der Waals surface area contributed by atoms with E-state index in [0.717, 1.165) is 6.42 Å². The molecule has 0 aliphatic rings. The highest BCUT2D eigenvalue weighted by atomic mass is 32.2. The van der Waals surface area contributed by atoms with Gasteiger partial charge in [-0.2, -0.15) is 0 Å². The van der Waals surface area contributed by atoms with Crippen LogP contribution in [0.4, 0.5) is 0 Å². The number of ether oxygens (including phenoxy) is 1. The van der Waals surface area contributed by atoms with E-state index in [1.165, 1.54) is 12.1 Å². The van der Waals surface area contributed by atoms with E-state index in [4.69, 9.17) is 10.5 Å². The lowest BCUT2D eigenvalue weighted by Gasteiger charge is -2.07. The van der Waals surface area contributed by atoms with E-state index in [0.29, 0.717) is 12.4 Å². The van der Waals surface area contributed by atoms with Crippen molar-refractivity contribution in [1.82, 2.24) is 4.72 Å². The molecule has 0 aliphatic heterocycles. The number of sulfonamides is 1. The largest absolute Gasteiger partial charge is 0.494 e. The van der Waals surface area contributed by atoms with Gasteiger partial charge in [-0.05, 0) is 30.7 Å². The molecule has 0 saturated heterocycles. The van der Waals surface area contributed by atoms with Gasteiger partial charge in [0.25, 0.3) is 0 Å². The average molecular weight is 258 g/mol. The number of rotatable bonds is 7. The standard InChI is InChI=1S/C11H18N2O3S/c1-2-9-16-10-3-5-11(6-4-10)17(14,15)13-8-7-12/h3-6,13H,2,7-9,12H2,1H3. The van der Waals surface area contributed by atoms with Crippen LogP contribution < -0.4 is 15.2 Å². The van der Waals surface area contributed by atoms with Gasteiger partial charge < -0.3 is 10.5 Å². The molecular weight excluding hydrogens is 240 g/mol. The molecule has 0 unspecified atom stereocenters. The maximum absolute atomic E-state index is 11.7. The van der Waals surface area contributed by atoms with Gasteiger partial charge in [0.15, 0.2) is 0 Å². The Labute approximate surface area is 102 Å². The molecule has 0 fully saturated rings. The van der Waals surface area contributed by atoms with Crippen LogP contribution in [0, 0.1) is 0 Å². The molecule has 0 bridgehead atoms. The molecule has 6 heteroatoms. The first-order valence-electron chi connectivity index (χ1n) is 5.52. The average Bonchev–Trinajstić information content (AvgIpc) is 2.34. The summed E-state index contributed by atoms with van der Waals surface area (Å²) in [5.74, 6) is 0.671. The summed E-state index contributed by atoms with van der Waals surface area (Å²) in [6.07, 6.45) is 0.915. The first-order chi connectivity index (χ1) is 8.10. The molecule has 3 N–H and O–H groups in total. The van der Waals surface area contributed by atoms with Crippen LogP contribution in [-0.2, 0) is 10.0 Å². The fourth-order valence-corrected chi connectivity index (χ4v) is 2.26. The Hall–Kier alpha value is -1.11. The second-order valence-corrected chi connectivity index (χ2v) is 5.27. The summed E-state index contributed by atoms with van der Waals surface area (Å²) in [6.45, 7) is 3.14. The maximum atomic E-state index is 11.7. The van der Waals surface area contributed by atoms with Crippen molar-refractivity contribution < 1.29 is 13.2 Å². The van der Waals surface area contributed by atoms with Crippen LogP contribution in [0.1, 0.15) is 13.3 Å². The van der Waals surface area contributed by atoms with Crippen LogP contribution in [0.3, 0.4) is 0 Å². The summed E-state index contributed by atoms with van der Waals surface area (Å²) in [4.78, 5) is 0.217. The second kappa shape index (κ2) is 6.58. The monoisotopic (exact) mass is 258 g/mol. The molecule has 1 aromatic carbocycles. The Morgan fingerprint density at radius 2 is 1.94 bits per heavy atom. The van der Waals surface area contributed by atoms with E-state index in [1.54, 1.807) is 12.1 Å². The Bertz CT molecular complexity index is 429. The fraction of sp³-hybridized carbons (Fsp3) is 0.455. The lowest BCUT2D eigenvalue weighted by atomic mass is 10.3. The van der Waals surface area contributed by atoms with Crippen molar-refractivity contribution in [3.05, 3.63) is 24.3 Å². The molecule has 0 aliphatic carbocycles. The third kappa shape index (κ3) is 4.33. The van der Waals surface area contributed by atoms with Crippen LogP contribution in [0.25, 0.3) is 0 Å². The molecule has 17 heavy (non-hydrogen) atoms. The van der Waals surface area contributed by atoms with Crippen molar-refractivity contribution >= 4 is 10.0 Å². The van der Waals surface area contributed by atoms with Crippen molar-refractivity contribution in [1.29, 1.82) is 0 Å². The van der Waals surface area contributed by atoms with Gasteiger partial charge >= 0.3 is 0 Å². The van der Waals surface area contributed by atoms with Gasteiger partial charge in [0.1, 0.15) is 5.75 Å². The number of nitrogens with one attached hydrogen (secondary N) is 1. The third-order valence-electron chi connectivity index (χ3n) is 2.04. The minimum Gasteiger partial charge on any atom is -0.494 e. The molecule has 1 aromatic rings. The molecular formula is C11H18N2O3S. The van der Waals surface area contributed by atoms with E-state index in [2.05, 4.69) is 4.72 Å². The van der Waals surface area contributed by atoms with Crippen LogP contribution in [0.2, 0.25) is 0 Å². The molecule has 0 amide bonds. The first-order valence-corrected chi connectivity index (χ1v) is 7.01. The van der Waals surface area contributed by atoms with Crippen molar-refractivity contribution in [2.75, 3.05) is 19.7 Å². The Balaban J connectivity index is 2.73. The molecule has 0 saturated carbocycles. The summed E-state index contributed by atoms with van der Waals surface area (Å²) in [6, 6.07) is 6.33. The van der Waals surface area contributed by atoms with Gasteiger partial charge in [-0.25, -0.2) is 13.1 Å². The summed E-state index contributed by atoms with van der Waals surface area (Å²) < 4.78 is 31.2. The SMILES string of the molecule is CCCOc1ccc(S(=O)(=O)NCCN)cc1. The molecule has 0 heterocycles. The quantitative estimate of drug-likeness (QED) is 0.755. The summed E-state index contributed by atoms with van der Waals surface area (Å²) >= 11 is 0. The van der Waals surface area contributed by atoms with E-state index >= 15 is 0 Å². The molecule has 0 radical (unpaired) electrons. The van der Waals surface area contributed by atoms with Crippen LogP contribution in [0.5, 0.6) is 5.75 Å². The molecule has 96 valence electrons. The lowest BCUT2D eigenvalue weighted by Crippen LogP contribution is -2.29. The van der Waals surface area contributed by atoms with Crippen LogP contribution in [-0.4, -0.2) is 28.1 Å². The number of nitrogens with two attached hydrogens (primary N) is 1. The molecule has 0 atom stereocenters. The topological polar surface area (TPSA) is 81.4 Å². The highest BCUT2D eigenvalue weighted by molar-refractivity contribution is 7.89. The van der Waals surface area contributed by atoms with Gasteiger partial charge in [0.2, 0.25) is 10.0 Å². The van der Waals surface area contributed by atoms with Crippen molar-refractivity contribution in [2.45, 2.75) is 18.2 Å². The molecule has 1 rings (SSSR count). The number of hydrogen-bond acceptors (Lipinski definition) is 4. The Morgan fingerprint density at radius 1 is 1.29 bits per heavy atom. The zero-order valence-electron chi connectivity index (χ0n) is 9.85. The van der Waals surface area contributed by atoms with Crippen molar-refractivity contribution in [2.24, 2.45) is 5.73 Å². The molecule has 0 spiro atoms. The smallest absolute Gasteiger partial charge is 0.240 e. The minimum absolute atomic E-state index is 0.217. The fourth-order valence-electron chi connectivity index (χ4n) is 1.21. The van der Waals surface area contributed by atoms with Gasteiger partial charge in [-0.1, -0.05) is 6.92 Å². The Morgan fingerprint density at radius 3 is 2.47 bits per heavy atom. The summed E-state index contributed by atoms with van der Waals surface area (Å²) in [5, 5.41) is 0. The minimum atomic E-state index is -3.45. The summed E-state index contributed by atoms with van der Waals surface area (Å²) in [7, 11) is -3.45. The highest BCUT2D eigenvalue weighted by Crippen LogP contribution is 2.15. The van der Waals surface area contributed by atoms with E-state index in [1.807, 2.05) is 6.92 Å². The van der Waals surface area contributed by atoms with Gasteiger partial charge in [0, 0.05) is 13.1 Å². The molecule has 0 aromatic heterocycles. The van der Waals surface area contributed by atoms with Gasteiger partial charge in [-0.15, -0.1) is 0 Å². The van der Waals surface area contributed by atoms with Crippen molar-refractivity contribution in [3.63, 3.8) is 0 Å². The number of hydrogen-bond donors (Lipinski definition) is 2. The summed E-state index contributed by atoms with van der Waals surface area (Å²) in [5.41, 5.74) is 5.25. The molecule has 5 nitrogen and oxygen atoms in total. The normalized spacial score (nSPS) is 11.4. The predicted molar refractivity (Wildman–Crippen MR) is 66.5 cm³/mol. The maximum Gasteiger partial charge on any atom is 0.240 e. The van der Waals surface area contributed by atoms with Crippen LogP contribution in [0.15, 0.2) is 29.2 Å². The van der Waals surface area contributed by atoms with E-state index < -0.39 is 10.0 Å². The second-order valence-electron chi connectivity index (χ2n) is 3.51. The Kier molecular flexibility index (Phi) is 5.40. The van der Waals surface area contributed by atoms with Gasteiger partial charge in [-0.3, -0.25) is 0 Å². The van der Waals surface area contributed by atoms with Crippen molar-refractivity contribution in [3.8, 4) is 5.75 Å². The number of benzene rings is 1. The highest BCUT2D eigenvalue weighted by Gasteiger charge is 2.12. The predicted octanol–water partition coefficient (Wildman–Crippen LogP) is 0.712. The lowest BCUT2D eigenvalue weighted by molar-refractivity contribution is 0.317. The van der Waals surface area contributed by atoms with E-state index in [-0.39, 0.29) is 18.0 Å². The van der Waals surface area contributed by atoms with Gasteiger partial charge in [0.05, 0.1) is 11.5 Å². The zero-order chi connectivity index (χ0) is 12.7. The van der Waals surface area contributed by atoms with Crippen LogP contribution >= 0.6 is 0 Å². The third-order valence-corrected chi connectivity index (χ3v) is 3.52. The van der Waals surface area contributed by atoms with E-state index in [9.17, 15) is 8.42 Å². The zero-order valence-corrected chi connectivity index (χ0v) is 10.7. The first kappa shape index (κ1) is 14.0.